The molecule has 0 saturated carbocycles. The molecule has 1 aromatic carbocycles. The molecule has 0 heterocycles. The van der Waals surface area contributed by atoms with Gasteiger partial charge in [0, 0.05) is 24.4 Å². The normalized spacial score (nSPS) is 5.85. The zero-order chi connectivity index (χ0) is 9.98. The number of nitrogens with zero attached hydrogens (tertiary/aromatic N) is 1. The molecule has 0 aliphatic heterocycles. The van der Waals surface area contributed by atoms with Crippen LogP contribution in [-0.4, -0.2) is 4.92 Å². The van der Waals surface area contributed by atoms with Gasteiger partial charge in [-0.15, -0.1) is 12.1 Å². The van der Waals surface area contributed by atoms with E-state index in [1.54, 1.807) is 12.1 Å². The first-order chi connectivity index (χ1) is 5.80. The van der Waals surface area contributed by atoms with Crippen molar-refractivity contribution in [2.75, 3.05) is 0 Å². The van der Waals surface area contributed by atoms with Gasteiger partial charge >= 0.3 is 22.6 Å². The van der Waals surface area contributed by atoms with Crippen molar-refractivity contribution in [1.82, 2.24) is 0 Å². The SMILES string of the molecule is O=[N+]([O-])[c-]1cccc1.[C-]#[O+].[C-]#[O+].[Rh]. The second-order valence-corrected chi connectivity index (χ2v) is 1.40. The Balaban J connectivity index is -0.000000178. The Kier molecular flexibility index (Phi) is 18.4. The molecule has 71 valence electrons. The molecule has 0 spiro atoms. The smallest absolute Gasteiger partial charge is 0 e. The zero-order valence-corrected chi connectivity index (χ0v) is 7.86. The van der Waals surface area contributed by atoms with Gasteiger partial charge in [0.05, 0.1) is 0 Å². The van der Waals surface area contributed by atoms with Gasteiger partial charge in [0.25, 0.3) is 0 Å². The van der Waals surface area contributed by atoms with Gasteiger partial charge in [-0.2, -0.15) is 0 Å². The summed E-state index contributed by atoms with van der Waals surface area (Å²) in [7, 11) is 0. The number of nitro groups is 1. The Labute approximate surface area is 87.5 Å². The van der Waals surface area contributed by atoms with Crippen molar-refractivity contribution in [3.63, 3.8) is 0 Å². The van der Waals surface area contributed by atoms with Gasteiger partial charge in [0.1, 0.15) is 0 Å². The topological polar surface area (TPSA) is 82.9 Å². The van der Waals surface area contributed by atoms with Crippen molar-refractivity contribution in [3.8, 4) is 0 Å². The van der Waals surface area contributed by atoms with Crippen molar-refractivity contribution in [2.24, 2.45) is 0 Å². The summed E-state index contributed by atoms with van der Waals surface area (Å²) in [6.45, 7) is 9.00. The fourth-order valence-electron chi connectivity index (χ4n) is 0.486. The summed E-state index contributed by atoms with van der Waals surface area (Å²) in [6, 6.07) is 6.19. The fourth-order valence-corrected chi connectivity index (χ4v) is 0.486. The molecular formula is C7H4NO4Rh-. The predicted octanol–water partition coefficient (Wildman–Crippen LogP) is 1.24. The van der Waals surface area contributed by atoms with E-state index < -0.39 is 4.92 Å². The van der Waals surface area contributed by atoms with Gasteiger partial charge in [-0.25, -0.2) is 12.1 Å². The molecule has 0 atom stereocenters. The molecule has 0 amide bonds. The molecule has 0 fully saturated rings. The van der Waals surface area contributed by atoms with Crippen LogP contribution in [0.3, 0.4) is 0 Å². The first kappa shape index (κ1) is 17.8. The van der Waals surface area contributed by atoms with Crippen LogP contribution in [0.2, 0.25) is 0 Å². The third kappa shape index (κ3) is 8.76. The second kappa shape index (κ2) is 13.4. The molecule has 6 heteroatoms. The fraction of sp³-hybridized carbons (Fsp3) is 0. The summed E-state index contributed by atoms with van der Waals surface area (Å²) < 4.78 is 15.0. The summed E-state index contributed by atoms with van der Waals surface area (Å²) in [6.07, 6.45) is 0. The number of hydrogen-bond donors (Lipinski definition) is 0. The van der Waals surface area contributed by atoms with E-state index in [1.165, 1.54) is 12.1 Å². The van der Waals surface area contributed by atoms with Crippen molar-refractivity contribution in [2.45, 2.75) is 0 Å². The first-order valence-electron chi connectivity index (χ1n) is 2.57. The van der Waals surface area contributed by atoms with Crippen LogP contribution < -0.4 is 0 Å². The molecule has 1 radical (unpaired) electrons. The molecule has 13 heavy (non-hydrogen) atoms. The summed E-state index contributed by atoms with van der Waals surface area (Å²) in [5.74, 6) is 0. The van der Waals surface area contributed by atoms with Gasteiger partial charge in [0.15, 0.2) is 5.69 Å². The van der Waals surface area contributed by atoms with Crippen LogP contribution in [0.5, 0.6) is 0 Å². The molecule has 0 unspecified atom stereocenters. The summed E-state index contributed by atoms with van der Waals surface area (Å²) >= 11 is 0. The number of rotatable bonds is 1. The van der Waals surface area contributed by atoms with Crippen molar-refractivity contribution in [3.05, 3.63) is 47.7 Å². The van der Waals surface area contributed by atoms with Crippen LogP contribution in [-0.2, 0) is 28.8 Å². The Morgan fingerprint density at radius 2 is 1.46 bits per heavy atom. The standard InChI is InChI=1S/C5H4NO2.2CO.Rh/c7-6(8)5-3-1-2-4-5;2*1-2;/h1-4H;;;/q-1;;;. The van der Waals surface area contributed by atoms with Crippen LogP contribution in [0, 0.1) is 23.4 Å². The van der Waals surface area contributed by atoms with Crippen molar-refractivity contribution >= 4 is 5.69 Å². The van der Waals surface area contributed by atoms with E-state index in [2.05, 4.69) is 13.3 Å². The summed E-state index contributed by atoms with van der Waals surface area (Å²) in [5, 5.41) is 9.87. The summed E-state index contributed by atoms with van der Waals surface area (Å²) in [4.78, 5) is 9.45. The van der Waals surface area contributed by atoms with E-state index in [-0.39, 0.29) is 25.2 Å². The van der Waals surface area contributed by atoms with Crippen LogP contribution in [0.4, 0.5) is 5.69 Å². The minimum Gasteiger partial charge on any atom is 0 e. The minimum absolute atomic E-state index is 0. The molecule has 0 saturated heterocycles. The monoisotopic (exact) mass is 269 g/mol. The van der Waals surface area contributed by atoms with E-state index in [1.807, 2.05) is 0 Å². The van der Waals surface area contributed by atoms with Crippen LogP contribution >= 0.6 is 0 Å². The zero-order valence-electron chi connectivity index (χ0n) is 6.22. The maximum absolute atomic E-state index is 9.87. The third-order valence-electron chi connectivity index (χ3n) is 0.856. The molecule has 5 nitrogen and oxygen atoms in total. The number of hydrogen-bond acceptors (Lipinski definition) is 2. The van der Waals surface area contributed by atoms with E-state index in [0.717, 1.165) is 0 Å². The van der Waals surface area contributed by atoms with Gasteiger partial charge in [-0.05, 0) is 0 Å². The molecular weight excluding hydrogens is 265 g/mol. The quantitative estimate of drug-likeness (QED) is 0.252. The van der Waals surface area contributed by atoms with E-state index in [0.29, 0.717) is 0 Å². The maximum Gasteiger partial charge on any atom is 0 e. The van der Waals surface area contributed by atoms with Crippen LogP contribution in [0.1, 0.15) is 0 Å². The van der Waals surface area contributed by atoms with Crippen molar-refractivity contribution in [1.29, 1.82) is 0 Å². The molecule has 0 N–H and O–H groups in total. The van der Waals surface area contributed by atoms with Crippen LogP contribution in [0.25, 0.3) is 0 Å². The molecule has 1 aromatic rings. The first-order valence-corrected chi connectivity index (χ1v) is 2.57. The van der Waals surface area contributed by atoms with Gasteiger partial charge in [0.2, 0.25) is 0 Å². The maximum atomic E-state index is 9.87. The minimum atomic E-state index is -0.417. The van der Waals surface area contributed by atoms with Gasteiger partial charge in [-0.3, -0.25) is 10.1 Å². The Morgan fingerprint density at radius 3 is 1.62 bits per heavy atom. The second-order valence-electron chi connectivity index (χ2n) is 1.40. The van der Waals surface area contributed by atoms with E-state index in [9.17, 15) is 10.1 Å². The Morgan fingerprint density at radius 1 is 1.15 bits per heavy atom. The Bertz CT molecular complexity index is 246. The largest absolute Gasteiger partial charge is 0 e. The Hall–Kier alpha value is -1.15. The predicted molar refractivity (Wildman–Crippen MR) is 36.5 cm³/mol. The van der Waals surface area contributed by atoms with E-state index >= 15 is 0 Å². The van der Waals surface area contributed by atoms with Crippen LogP contribution in [0.15, 0.2) is 24.3 Å². The van der Waals surface area contributed by atoms with Crippen molar-refractivity contribution < 1.29 is 33.7 Å². The molecule has 0 aliphatic carbocycles. The summed E-state index contributed by atoms with van der Waals surface area (Å²) in [5.41, 5.74) is 0.157. The molecule has 0 aliphatic rings. The average Bonchev–Trinajstić information content (AvgIpc) is 2.64. The van der Waals surface area contributed by atoms with E-state index in [4.69, 9.17) is 9.30 Å². The molecule has 1 rings (SSSR count). The van der Waals surface area contributed by atoms with Gasteiger partial charge in [-0.1, -0.05) is 0 Å². The van der Waals surface area contributed by atoms with Gasteiger partial charge < -0.3 is 0 Å². The average molecular weight is 269 g/mol. The molecule has 0 bridgehead atoms. The third-order valence-corrected chi connectivity index (χ3v) is 0.856. The molecule has 0 aromatic heterocycles.